The molecule has 1 aliphatic rings. The predicted octanol–water partition coefficient (Wildman–Crippen LogP) is 4.96. The highest BCUT2D eigenvalue weighted by Crippen LogP contribution is 2.45. The first-order valence-electron chi connectivity index (χ1n) is 10.5. The number of carbonyl (C=O) groups is 2. The summed E-state index contributed by atoms with van der Waals surface area (Å²) in [6.45, 7) is 8.17. The Morgan fingerprint density at radius 3 is 2.22 bits per heavy atom. The Balaban J connectivity index is 2.05. The van der Waals surface area contributed by atoms with Crippen molar-refractivity contribution in [1.82, 2.24) is 0 Å². The van der Waals surface area contributed by atoms with E-state index in [0.29, 0.717) is 12.1 Å². The third-order valence-corrected chi connectivity index (χ3v) is 5.50. The van der Waals surface area contributed by atoms with Crippen LogP contribution >= 0.6 is 0 Å². The number of unbranched alkanes of at least 4 members (excludes halogenated alkanes) is 7. The summed E-state index contributed by atoms with van der Waals surface area (Å²) in [6.07, 6.45) is 9.45. The molecule has 1 heterocycles. The van der Waals surface area contributed by atoms with Crippen molar-refractivity contribution < 1.29 is 14.7 Å². The van der Waals surface area contributed by atoms with Crippen LogP contribution in [0.4, 0.5) is 5.69 Å². The first-order chi connectivity index (χ1) is 12.8. The van der Waals surface area contributed by atoms with Crippen LogP contribution in [0.1, 0.15) is 88.3 Å². The van der Waals surface area contributed by atoms with Crippen molar-refractivity contribution in [2.45, 2.75) is 91.1 Å². The molecule has 0 saturated carbocycles. The van der Waals surface area contributed by atoms with Crippen molar-refractivity contribution in [2.75, 3.05) is 11.4 Å². The average molecular weight is 374 g/mol. The molecule has 0 bridgehead atoms. The smallest absolute Gasteiger partial charge is 0.264 e. The third kappa shape index (κ3) is 4.98. The van der Waals surface area contributed by atoms with E-state index in [0.717, 1.165) is 29.7 Å². The molecule has 0 saturated heterocycles. The number of fused-ring (bicyclic) bond motifs is 1. The standard InChI is InChI=1S/C23H35NO3/c1-5-6-7-8-9-10-11-12-13-24-21-18(3)14-17(2)15-20(21)23(27,22(24)26)16-19(4)25/h14-15,27H,5-13,16H2,1-4H3. The Morgan fingerprint density at radius 2 is 1.63 bits per heavy atom. The largest absolute Gasteiger partial charge is 0.375 e. The zero-order chi connectivity index (χ0) is 20.0. The van der Waals surface area contributed by atoms with Gasteiger partial charge in [0, 0.05) is 18.5 Å². The van der Waals surface area contributed by atoms with Crippen molar-refractivity contribution in [2.24, 2.45) is 0 Å². The number of benzene rings is 1. The van der Waals surface area contributed by atoms with Gasteiger partial charge in [-0.2, -0.15) is 0 Å². The molecular formula is C23H35NO3. The van der Waals surface area contributed by atoms with E-state index < -0.39 is 5.60 Å². The van der Waals surface area contributed by atoms with Gasteiger partial charge >= 0.3 is 0 Å². The second-order valence-electron chi connectivity index (χ2n) is 8.15. The van der Waals surface area contributed by atoms with E-state index in [1.54, 1.807) is 4.90 Å². The normalized spacial score (nSPS) is 18.9. The maximum Gasteiger partial charge on any atom is 0.264 e. The van der Waals surface area contributed by atoms with Gasteiger partial charge < -0.3 is 10.0 Å². The van der Waals surface area contributed by atoms with Gasteiger partial charge in [0.25, 0.3) is 5.91 Å². The number of Topliss-reactive ketones (excluding diaryl/α,β-unsaturated/α-hetero) is 1. The van der Waals surface area contributed by atoms with Gasteiger partial charge in [-0.25, -0.2) is 0 Å². The number of aliphatic hydroxyl groups is 1. The molecule has 1 aromatic carbocycles. The number of hydrogen-bond donors (Lipinski definition) is 1. The van der Waals surface area contributed by atoms with E-state index >= 15 is 0 Å². The zero-order valence-corrected chi connectivity index (χ0v) is 17.4. The lowest BCUT2D eigenvalue weighted by Crippen LogP contribution is -2.42. The van der Waals surface area contributed by atoms with Gasteiger partial charge in [-0.1, -0.05) is 69.6 Å². The monoisotopic (exact) mass is 373 g/mol. The second-order valence-corrected chi connectivity index (χ2v) is 8.15. The van der Waals surface area contributed by atoms with Gasteiger partial charge in [0.2, 0.25) is 0 Å². The van der Waals surface area contributed by atoms with Gasteiger partial charge in [0.05, 0.1) is 5.69 Å². The Morgan fingerprint density at radius 1 is 1.04 bits per heavy atom. The molecule has 4 nitrogen and oxygen atoms in total. The minimum Gasteiger partial charge on any atom is -0.375 e. The van der Waals surface area contributed by atoms with Crippen LogP contribution in [0.2, 0.25) is 0 Å². The molecule has 0 aliphatic carbocycles. The number of rotatable bonds is 11. The number of aryl methyl sites for hydroxylation is 2. The summed E-state index contributed by atoms with van der Waals surface area (Å²) in [5.41, 5.74) is 1.67. The molecule has 1 aromatic rings. The summed E-state index contributed by atoms with van der Waals surface area (Å²) >= 11 is 0. The van der Waals surface area contributed by atoms with Crippen LogP contribution in [0.5, 0.6) is 0 Å². The van der Waals surface area contributed by atoms with Crippen LogP contribution in [0.25, 0.3) is 0 Å². The Bertz CT molecular complexity index is 682. The lowest BCUT2D eigenvalue weighted by molar-refractivity contribution is -0.141. The summed E-state index contributed by atoms with van der Waals surface area (Å²) in [5, 5.41) is 11.1. The summed E-state index contributed by atoms with van der Waals surface area (Å²) in [4.78, 5) is 26.5. The minimum atomic E-state index is -1.71. The number of nitrogens with zero attached hydrogens (tertiary/aromatic N) is 1. The SMILES string of the molecule is CCCCCCCCCCN1C(=O)C(O)(CC(C)=O)c2cc(C)cc(C)c21. The van der Waals surface area contributed by atoms with Crippen LogP contribution in [-0.2, 0) is 15.2 Å². The van der Waals surface area contributed by atoms with E-state index in [2.05, 4.69) is 6.92 Å². The van der Waals surface area contributed by atoms with E-state index in [4.69, 9.17) is 0 Å². The first-order valence-corrected chi connectivity index (χ1v) is 10.5. The molecule has 0 fully saturated rings. The number of anilines is 1. The van der Waals surface area contributed by atoms with Crippen LogP contribution < -0.4 is 4.90 Å². The molecule has 1 atom stereocenters. The summed E-state index contributed by atoms with van der Waals surface area (Å²) in [6, 6.07) is 3.89. The van der Waals surface area contributed by atoms with Crippen LogP contribution in [0.15, 0.2) is 12.1 Å². The van der Waals surface area contributed by atoms with Crippen molar-refractivity contribution >= 4 is 17.4 Å². The van der Waals surface area contributed by atoms with Crippen LogP contribution in [0.3, 0.4) is 0 Å². The van der Waals surface area contributed by atoms with Gasteiger partial charge in [-0.15, -0.1) is 0 Å². The second kappa shape index (κ2) is 9.50. The Labute approximate surface area is 164 Å². The van der Waals surface area contributed by atoms with E-state index in [9.17, 15) is 14.7 Å². The van der Waals surface area contributed by atoms with Crippen molar-refractivity contribution in [3.63, 3.8) is 0 Å². The third-order valence-electron chi connectivity index (χ3n) is 5.50. The maximum absolute atomic E-state index is 13.0. The Hall–Kier alpha value is -1.68. The maximum atomic E-state index is 13.0. The highest BCUT2D eigenvalue weighted by atomic mass is 16.3. The van der Waals surface area contributed by atoms with Crippen LogP contribution in [0, 0.1) is 13.8 Å². The molecule has 0 radical (unpaired) electrons. The molecule has 0 spiro atoms. The molecule has 0 aromatic heterocycles. The Kier molecular flexibility index (Phi) is 7.60. The first kappa shape index (κ1) is 21.6. The molecule has 4 heteroatoms. The van der Waals surface area contributed by atoms with Gasteiger partial charge in [-0.3, -0.25) is 9.59 Å². The van der Waals surface area contributed by atoms with Crippen molar-refractivity contribution in [3.8, 4) is 0 Å². The summed E-state index contributed by atoms with van der Waals surface area (Å²) < 4.78 is 0. The predicted molar refractivity (Wildman–Crippen MR) is 110 cm³/mol. The quantitative estimate of drug-likeness (QED) is 0.558. The molecule has 1 N–H and O–H groups in total. The summed E-state index contributed by atoms with van der Waals surface area (Å²) in [5.74, 6) is -0.519. The average Bonchev–Trinajstić information content (AvgIpc) is 2.78. The van der Waals surface area contributed by atoms with Gasteiger partial charge in [0.15, 0.2) is 5.60 Å². The molecule has 1 aliphatic heterocycles. The van der Waals surface area contributed by atoms with E-state index in [-0.39, 0.29) is 18.1 Å². The fourth-order valence-electron chi connectivity index (χ4n) is 4.22. The molecular weight excluding hydrogens is 338 g/mol. The molecule has 2 rings (SSSR count). The van der Waals surface area contributed by atoms with E-state index in [1.165, 1.54) is 45.4 Å². The van der Waals surface area contributed by atoms with E-state index in [1.807, 2.05) is 26.0 Å². The van der Waals surface area contributed by atoms with Crippen LogP contribution in [-0.4, -0.2) is 23.3 Å². The number of carbonyl (C=O) groups excluding carboxylic acids is 2. The molecule has 150 valence electrons. The highest BCUT2D eigenvalue weighted by Gasteiger charge is 2.50. The van der Waals surface area contributed by atoms with Gasteiger partial charge in [0.1, 0.15) is 5.78 Å². The van der Waals surface area contributed by atoms with Gasteiger partial charge in [-0.05, 0) is 32.8 Å². The lowest BCUT2D eigenvalue weighted by atomic mass is 9.88. The molecule has 1 unspecified atom stereocenters. The summed E-state index contributed by atoms with van der Waals surface area (Å²) in [7, 11) is 0. The molecule has 27 heavy (non-hydrogen) atoms. The lowest BCUT2D eigenvalue weighted by Gasteiger charge is -2.22. The number of amides is 1. The molecule has 1 amide bonds. The highest BCUT2D eigenvalue weighted by molar-refractivity contribution is 6.09. The minimum absolute atomic E-state index is 0.157. The topological polar surface area (TPSA) is 57.6 Å². The van der Waals surface area contributed by atoms with Crippen molar-refractivity contribution in [1.29, 1.82) is 0 Å². The number of hydrogen-bond acceptors (Lipinski definition) is 3. The van der Waals surface area contributed by atoms with Crippen molar-refractivity contribution in [3.05, 3.63) is 28.8 Å². The number of ketones is 1. The fourth-order valence-corrected chi connectivity index (χ4v) is 4.22. The fraction of sp³-hybridized carbons (Fsp3) is 0.652. The zero-order valence-electron chi connectivity index (χ0n) is 17.4.